The second kappa shape index (κ2) is 8.78. The van der Waals surface area contributed by atoms with Crippen molar-refractivity contribution >= 4 is 41.5 Å². The van der Waals surface area contributed by atoms with E-state index in [1.54, 1.807) is 6.07 Å². The number of halogens is 3. The van der Waals surface area contributed by atoms with Gasteiger partial charge in [-0.25, -0.2) is 4.39 Å². The lowest BCUT2D eigenvalue weighted by molar-refractivity contribution is 0.277. The van der Waals surface area contributed by atoms with Crippen molar-refractivity contribution in [1.82, 2.24) is 4.90 Å². The average molecular weight is 426 g/mol. The first-order chi connectivity index (χ1) is 9.56. The fourth-order valence-electron chi connectivity index (χ4n) is 2.35. The minimum atomic E-state index is -0.316. The monoisotopic (exact) mass is 425 g/mol. The Balaban J connectivity index is 0.00000220. The molecule has 0 saturated carbocycles. The minimum absolute atomic E-state index is 0. The molecular weight excluding hydrogens is 404 g/mol. The van der Waals surface area contributed by atoms with Crippen LogP contribution in [0, 0.1) is 11.7 Å². The third-order valence-electron chi connectivity index (χ3n) is 3.78. The molecule has 1 aliphatic heterocycles. The van der Waals surface area contributed by atoms with Crippen molar-refractivity contribution in [1.29, 1.82) is 0 Å². The van der Waals surface area contributed by atoms with Gasteiger partial charge in [0.25, 0.3) is 0 Å². The zero-order chi connectivity index (χ0) is 14.5. The van der Waals surface area contributed by atoms with Crippen molar-refractivity contribution in [3.63, 3.8) is 0 Å². The molecule has 0 aliphatic carbocycles. The van der Waals surface area contributed by atoms with Gasteiger partial charge in [0.1, 0.15) is 5.82 Å². The fourth-order valence-corrected chi connectivity index (χ4v) is 2.61. The first kappa shape index (κ1) is 18.5. The van der Waals surface area contributed by atoms with Crippen molar-refractivity contribution < 1.29 is 4.39 Å². The molecule has 1 heterocycles. The molecule has 6 heteroatoms. The molecule has 1 aromatic carbocycles. The quantitative estimate of drug-likeness (QED) is 0.456. The van der Waals surface area contributed by atoms with Crippen LogP contribution in [0.15, 0.2) is 23.2 Å². The lowest BCUT2D eigenvalue weighted by Gasteiger charge is -2.31. The standard InChI is InChI=1S/C15H21ClFN3.HI/c1-11-5-8-20(9-6-11)15(18)19-7-4-12-2-3-13(17)10-14(12)16;/h2-3,10-11H,4-9H2,1H3,(H2,18,19);1H. The normalized spacial score (nSPS) is 16.7. The molecule has 3 nitrogen and oxygen atoms in total. The largest absolute Gasteiger partial charge is 0.370 e. The number of benzene rings is 1. The lowest BCUT2D eigenvalue weighted by Crippen LogP contribution is -2.42. The van der Waals surface area contributed by atoms with E-state index in [0.29, 0.717) is 23.9 Å². The van der Waals surface area contributed by atoms with E-state index in [1.165, 1.54) is 25.0 Å². The van der Waals surface area contributed by atoms with E-state index in [-0.39, 0.29) is 29.8 Å². The van der Waals surface area contributed by atoms with Crippen LogP contribution in [0.25, 0.3) is 0 Å². The maximum Gasteiger partial charge on any atom is 0.191 e. The highest BCUT2D eigenvalue weighted by Crippen LogP contribution is 2.18. The van der Waals surface area contributed by atoms with Gasteiger partial charge < -0.3 is 10.6 Å². The van der Waals surface area contributed by atoms with Gasteiger partial charge in [0, 0.05) is 24.7 Å². The molecule has 0 atom stereocenters. The summed E-state index contributed by atoms with van der Waals surface area (Å²) >= 11 is 5.98. The summed E-state index contributed by atoms with van der Waals surface area (Å²) in [6.45, 7) is 4.80. The summed E-state index contributed by atoms with van der Waals surface area (Å²) in [5.74, 6) is 1.07. The van der Waals surface area contributed by atoms with Crippen LogP contribution in [-0.4, -0.2) is 30.5 Å². The van der Waals surface area contributed by atoms with Crippen LogP contribution in [0.3, 0.4) is 0 Å². The Kier molecular flexibility index (Phi) is 7.73. The molecule has 2 N–H and O–H groups in total. The van der Waals surface area contributed by atoms with Gasteiger partial charge >= 0.3 is 0 Å². The molecule has 0 unspecified atom stereocenters. The number of hydrogen-bond donors (Lipinski definition) is 1. The second-order valence-corrected chi connectivity index (χ2v) is 5.80. The molecule has 1 aliphatic rings. The zero-order valence-electron chi connectivity index (χ0n) is 12.2. The van der Waals surface area contributed by atoms with E-state index in [2.05, 4.69) is 16.8 Å². The third-order valence-corrected chi connectivity index (χ3v) is 4.13. The summed E-state index contributed by atoms with van der Waals surface area (Å²) in [7, 11) is 0. The molecular formula is C15H22ClFIN3. The molecule has 2 rings (SSSR count). The molecule has 1 saturated heterocycles. The van der Waals surface area contributed by atoms with E-state index in [1.807, 2.05) is 0 Å². The molecule has 0 aromatic heterocycles. The van der Waals surface area contributed by atoms with Crippen LogP contribution in [0.2, 0.25) is 5.02 Å². The van der Waals surface area contributed by atoms with E-state index in [0.717, 1.165) is 24.6 Å². The minimum Gasteiger partial charge on any atom is -0.370 e. The summed E-state index contributed by atoms with van der Waals surface area (Å²) in [4.78, 5) is 6.53. The number of nitrogens with two attached hydrogens (primary N) is 1. The van der Waals surface area contributed by atoms with E-state index in [4.69, 9.17) is 17.3 Å². The molecule has 0 spiro atoms. The Morgan fingerprint density at radius 2 is 2.10 bits per heavy atom. The van der Waals surface area contributed by atoms with Crippen LogP contribution in [0.5, 0.6) is 0 Å². The van der Waals surface area contributed by atoms with Gasteiger partial charge in [0.05, 0.1) is 0 Å². The van der Waals surface area contributed by atoms with Gasteiger partial charge in [-0.1, -0.05) is 24.6 Å². The average Bonchev–Trinajstić information content (AvgIpc) is 2.42. The molecule has 21 heavy (non-hydrogen) atoms. The van der Waals surface area contributed by atoms with Crippen LogP contribution in [-0.2, 0) is 6.42 Å². The summed E-state index contributed by atoms with van der Waals surface area (Å²) in [5, 5.41) is 0.450. The maximum atomic E-state index is 12.9. The number of guanidine groups is 1. The summed E-state index contributed by atoms with van der Waals surface area (Å²) in [5.41, 5.74) is 6.90. The highest BCUT2D eigenvalue weighted by Gasteiger charge is 2.16. The van der Waals surface area contributed by atoms with Gasteiger partial charge in [-0.15, -0.1) is 24.0 Å². The number of aliphatic imine (C=N–C) groups is 1. The highest BCUT2D eigenvalue weighted by atomic mass is 127. The number of nitrogens with zero attached hydrogens (tertiary/aromatic N) is 2. The van der Waals surface area contributed by atoms with Crippen LogP contribution in [0.4, 0.5) is 4.39 Å². The molecule has 0 radical (unpaired) electrons. The van der Waals surface area contributed by atoms with Crippen molar-refractivity contribution in [2.24, 2.45) is 16.6 Å². The predicted octanol–water partition coefficient (Wildman–Crippen LogP) is 3.69. The Morgan fingerprint density at radius 3 is 2.71 bits per heavy atom. The van der Waals surface area contributed by atoms with Crippen molar-refractivity contribution in [3.8, 4) is 0 Å². The second-order valence-electron chi connectivity index (χ2n) is 5.40. The van der Waals surface area contributed by atoms with Gasteiger partial charge in [-0.05, 0) is 42.9 Å². The van der Waals surface area contributed by atoms with Crippen LogP contribution in [0.1, 0.15) is 25.3 Å². The summed E-state index contributed by atoms with van der Waals surface area (Å²) in [6, 6.07) is 4.45. The topological polar surface area (TPSA) is 41.6 Å². The number of rotatable bonds is 3. The Morgan fingerprint density at radius 1 is 1.43 bits per heavy atom. The molecule has 1 fully saturated rings. The van der Waals surface area contributed by atoms with E-state index >= 15 is 0 Å². The van der Waals surface area contributed by atoms with Crippen molar-refractivity contribution in [2.45, 2.75) is 26.2 Å². The number of piperidine rings is 1. The highest BCUT2D eigenvalue weighted by molar-refractivity contribution is 14.0. The lowest BCUT2D eigenvalue weighted by atomic mass is 10.00. The molecule has 1 aromatic rings. The molecule has 0 bridgehead atoms. The summed E-state index contributed by atoms with van der Waals surface area (Å²) < 4.78 is 12.9. The van der Waals surface area contributed by atoms with Gasteiger partial charge in [0.15, 0.2) is 5.96 Å². The first-order valence-corrected chi connectivity index (χ1v) is 7.43. The van der Waals surface area contributed by atoms with Crippen LogP contribution >= 0.6 is 35.6 Å². The maximum absolute atomic E-state index is 12.9. The molecule has 118 valence electrons. The fraction of sp³-hybridized carbons (Fsp3) is 0.533. The Hall–Kier alpha value is -0.560. The number of likely N-dealkylation sites (tertiary alicyclic amines) is 1. The predicted molar refractivity (Wildman–Crippen MR) is 97.0 cm³/mol. The molecule has 0 amide bonds. The third kappa shape index (κ3) is 5.62. The van der Waals surface area contributed by atoms with E-state index < -0.39 is 0 Å². The van der Waals surface area contributed by atoms with E-state index in [9.17, 15) is 4.39 Å². The van der Waals surface area contributed by atoms with Crippen molar-refractivity contribution in [2.75, 3.05) is 19.6 Å². The smallest absolute Gasteiger partial charge is 0.191 e. The Bertz CT molecular complexity index is 488. The SMILES string of the molecule is CC1CCN(C(N)=NCCc2ccc(F)cc2Cl)CC1.I. The first-order valence-electron chi connectivity index (χ1n) is 7.05. The van der Waals surface area contributed by atoms with Gasteiger partial charge in [0.2, 0.25) is 0 Å². The van der Waals surface area contributed by atoms with Gasteiger partial charge in [-0.3, -0.25) is 4.99 Å². The van der Waals surface area contributed by atoms with Crippen LogP contribution < -0.4 is 5.73 Å². The van der Waals surface area contributed by atoms with Crippen molar-refractivity contribution in [3.05, 3.63) is 34.6 Å². The van der Waals surface area contributed by atoms with Gasteiger partial charge in [-0.2, -0.15) is 0 Å². The Labute approximate surface area is 147 Å². The summed E-state index contributed by atoms with van der Waals surface area (Å²) in [6.07, 6.45) is 3.00. The number of hydrogen-bond acceptors (Lipinski definition) is 1. The zero-order valence-corrected chi connectivity index (χ0v) is 15.3.